The number of rotatable bonds is 3. The van der Waals surface area contributed by atoms with Gasteiger partial charge in [0.2, 0.25) is 0 Å². The highest BCUT2D eigenvalue weighted by atomic mass is 35.5. The first kappa shape index (κ1) is 13.1. The number of nitrogens with one attached hydrogen (secondary N) is 2. The molecule has 0 bridgehead atoms. The Hall–Kier alpha value is -2.34. The predicted octanol–water partition coefficient (Wildman–Crippen LogP) is 1.78. The molecular weight excluding hydrogens is 266 g/mol. The van der Waals surface area contributed by atoms with Crippen LogP contribution < -0.4 is 16.6 Å². The molecule has 6 nitrogen and oxygen atoms in total. The minimum Gasteiger partial charge on any atom is -0.393 e. The summed E-state index contributed by atoms with van der Waals surface area (Å²) in [4.78, 5) is 19.5. The molecule has 0 aliphatic rings. The zero-order valence-electron chi connectivity index (χ0n) is 10.1. The first-order chi connectivity index (χ1) is 9.09. The van der Waals surface area contributed by atoms with E-state index < -0.39 is 0 Å². The van der Waals surface area contributed by atoms with Gasteiger partial charge >= 0.3 is 0 Å². The van der Waals surface area contributed by atoms with Gasteiger partial charge in [0.1, 0.15) is 12.0 Å². The lowest BCUT2D eigenvalue weighted by Crippen LogP contribution is -2.30. The van der Waals surface area contributed by atoms with E-state index in [1.807, 2.05) is 19.1 Å². The first-order valence-electron chi connectivity index (χ1n) is 5.47. The van der Waals surface area contributed by atoms with Crippen molar-refractivity contribution >= 4 is 29.0 Å². The molecule has 4 N–H and O–H groups in total. The quantitative estimate of drug-likeness (QED) is 0.587. The van der Waals surface area contributed by atoms with E-state index >= 15 is 0 Å². The fourth-order valence-electron chi connectivity index (χ4n) is 1.48. The number of hydrogen-bond acceptors (Lipinski definition) is 5. The van der Waals surface area contributed by atoms with Crippen LogP contribution in [0.2, 0.25) is 5.15 Å². The Balaban J connectivity index is 2.09. The van der Waals surface area contributed by atoms with E-state index in [1.54, 1.807) is 12.1 Å². The number of carbonyl (C=O) groups is 1. The van der Waals surface area contributed by atoms with E-state index in [2.05, 4.69) is 20.8 Å². The van der Waals surface area contributed by atoms with Crippen LogP contribution in [-0.4, -0.2) is 15.9 Å². The van der Waals surface area contributed by atoms with Gasteiger partial charge in [0.25, 0.3) is 5.91 Å². The van der Waals surface area contributed by atoms with E-state index in [0.29, 0.717) is 5.56 Å². The molecule has 7 heteroatoms. The van der Waals surface area contributed by atoms with E-state index in [0.717, 1.165) is 5.56 Å². The molecule has 0 saturated heterocycles. The van der Waals surface area contributed by atoms with Gasteiger partial charge in [-0.25, -0.2) is 9.97 Å². The number of aromatic nitrogens is 2. The Morgan fingerprint density at radius 1 is 1.32 bits per heavy atom. The van der Waals surface area contributed by atoms with Crippen LogP contribution in [-0.2, 0) is 0 Å². The van der Waals surface area contributed by atoms with Crippen molar-refractivity contribution in [3.05, 3.63) is 46.9 Å². The normalized spacial score (nSPS) is 10.0. The summed E-state index contributed by atoms with van der Waals surface area (Å²) >= 11 is 5.74. The van der Waals surface area contributed by atoms with Crippen molar-refractivity contribution in [2.24, 2.45) is 0 Å². The maximum atomic E-state index is 11.9. The molecule has 19 heavy (non-hydrogen) atoms. The highest BCUT2D eigenvalue weighted by Crippen LogP contribution is 2.21. The van der Waals surface area contributed by atoms with Gasteiger partial charge in [0.05, 0.1) is 0 Å². The number of hydrogen-bond donors (Lipinski definition) is 3. The van der Waals surface area contributed by atoms with Gasteiger partial charge in [0, 0.05) is 5.56 Å². The highest BCUT2D eigenvalue weighted by Gasteiger charge is 2.10. The Labute approximate surface area is 115 Å². The van der Waals surface area contributed by atoms with Crippen LogP contribution in [0, 0.1) is 6.92 Å². The van der Waals surface area contributed by atoms with Gasteiger partial charge in [-0.05, 0) is 18.6 Å². The summed E-state index contributed by atoms with van der Waals surface area (Å²) in [5.74, 6) is -0.0332. The lowest BCUT2D eigenvalue weighted by Gasteiger charge is -2.11. The number of nitrogen functional groups attached to an aromatic ring is 1. The average molecular weight is 278 g/mol. The van der Waals surface area contributed by atoms with E-state index in [1.165, 1.54) is 6.33 Å². The first-order valence-corrected chi connectivity index (χ1v) is 5.85. The number of aryl methyl sites for hydroxylation is 1. The Bertz CT molecular complexity index is 617. The fourth-order valence-corrected chi connectivity index (χ4v) is 1.62. The van der Waals surface area contributed by atoms with Gasteiger partial charge in [-0.3, -0.25) is 15.6 Å². The Morgan fingerprint density at radius 3 is 2.79 bits per heavy atom. The second-order valence-electron chi connectivity index (χ2n) is 3.82. The van der Waals surface area contributed by atoms with Crippen LogP contribution in [0.5, 0.6) is 0 Å². The number of halogens is 1. The predicted molar refractivity (Wildman–Crippen MR) is 73.7 cm³/mol. The summed E-state index contributed by atoms with van der Waals surface area (Å²) in [5, 5.41) is 0.127. The number of hydrazine groups is 1. The average Bonchev–Trinajstić information content (AvgIpc) is 2.40. The fraction of sp³-hybridized carbons (Fsp3) is 0.0833. The summed E-state index contributed by atoms with van der Waals surface area (Å²) in [6, 6.07) is 7.23. The van der Waals surface area contributed by atoms with Gasteiger partial charge < -0.3 is 5.73 Å². The topological polar surface area (TPSA) is 92.9 Å². The van der Waals surface area contributed by atoms with Crippen molar-refractivity contribution in [2.45, 2.75) is 6.92 Å². The van der Waals surface area contributed by atoms with Gasteiger partial charge in [0.15, 0.2) is 11.0 Å². The molecule has 1 heterocycles. The van der Waals surface area contributed by atoms with Crippen molar-refractivity contribution < 1.29 is 4.79 Å². The number of nitrogens with two attached hydrogens (primary N) is 1. The van der Waals surface area contributed by atoms with Crippen LogP contribution in [0.15, 0.2) is 30.6 Å². The monoisotopic (exact) mass is 277 g/mol. The lowest BCUT2D eigenvalue weighted by atomic mass is 10.1. The number of nitrogens with zero attached hydrogens (tertiary/aromatic N) is 2. The van der Waals surface area contributed by atoms with E-state index in [9.17, 15) is 4.79 Å². The molecule has 98 valence electrons. The SMILES string of the molecule is Cc1ccccc1C(=O)NNc1ncnc(Cl)c1N. The summed E-state index contributed by atoms with van der Waals surface area (Å²) in [6.45, 7) is 1.85. The van der Waals surface area contributed by atoms with Crippen LogP contribution in [0.25, 0.3) is 0 Å². The van der Waals surface area contributed by atoms with Crippen LogP contribution in [0.1, 0.15) is 15.9 Å². The maximum absolute atomic E-state index is 11.9. The molecular formula is C12H12ClN5O. The third-order valence-electron chi connectivity index (χ3n) is 2.52. The Kier molecular flexibility index (Phi) is 3.82. The lowest BCUT2D eigenvalue weighted by molar-refractivity contribution is 0.0962. The summed E-state index contributed by atoms with van der Waals surface area (Å²) in [5.41, 5.74) is 12.4. The zero-order valence-corrected chi connectivity index (χ0v) is 10.9. The van der Waals surface area contributed by atoms with Crippen molar-refractivity contribution in [2.75, 3.05) is 11.2 Å². The number of anilines is 2. The maximum Gasteiger partial charge on any atom is 0.269 e. The van der Waals surface area contributed by atoms with Gasteiger partial charge in [-0.2, -0.15) is 0 Å². The summed E-state index contributed by atoms with van der Waals surface area (Å²) < 4.78 is 0. The smallest absolute Gasteiger partial charge is 0.269 e. The molecule has 0 aliphatic carbocycles. The van der Waals surface area contributed by atoms with E-state index in [4.69, 9.17) is 17.3 Å². The molecule has 1 amide bonds. The summed E-state index contributed by atoms with van der Waals surface area (Å²) in [6.07, 6.45) is 1.25. The zero-order chi connectivity index (χ0) is 13.8. The largest absolute Gasteiger partial charge is 0.393 e. The van der Waals surface area contributed by atoms with E-state index in [-0.39, 0.29) is 22.6 Å². The second kappa shape index (κ2) is 5.53. The molecule has 1 aromatic carbocycles. The molecule has 0 spiro atoms. The number of carbonyl (C=O) groups excluding carboxylic acids is 1. The molecule has 0 atom stereocenters. The van der Waals surface area contributed by atoms with Crippen molar-refractivity contribution in [3.8, 4) is 0 Å². The summed E-state index contributed by atoms with van der Waals surface area (Å²) in [7, 11) is 0. The standard InChI is InChI=1S/C12H12ClN5O/c1-7-4-2-3-5-8(7)12(19)18-17-11-9(14)10(13)15-6-16-11/h2-6H,14H2,1H3,(H,18,19)(H,15,16,17). The third kappa shape index (κ3) is 2.92. The molecule has 1 aromatic heterocycles. The van der Waals surface area contributed by atoms with Gasteiger partial charge in [-0.1, -0.05) is 29.8 Å². The number of benzene rings is 1. The highest BCUT2D eigenvalue weighted by molar-refractivity contribution is 6.32. The Morgan fingerprint density at radius 2 is 2.05 bits per heavy atom. The second-order valence-corrected chi connectivity index (χ2v) is 4.18. The van der Waals surface area contributed by atoms with Crippen LogP contribution in [0.3, 0.4) is 0 Å². The molecule has 0 saturated carbocycles. The molecule has 0 aliphatic heterocycles. The number of amides is 1. The molecule has 0 radical (unpaired) electrons. The van der Waals surface area contributed by atoms with Crippen molar-refractivity contribution in [3.63, 3.8) is 0 Å². The molecule has 2 rings (SSSR count). The molecule has 2 aromatic rings. The van der Waals surface area contributed by atoms with Crippen molar-refractivity contribution in [1.82, 2.24) is 15.4 Å². The third-order valence-corrected chi connectivity index (χ3v) is 2.82. The minimum atomic E-state index is -0.285. The van der Waals surface area contributed by atoms with Gasteiger partial charge in [-0.15, -0.1) is 0 Å². The molecule has 0 fully saturated rings. The molecule has 0 unspecified atom stereocenters. The minimum absolute atomic E-state index is 0.127. The van der Waals surface area contributed by atoms with Crippen molar-refractivity contribution in [1.29, 1.82) is 0 Å². The van der Waals surface area contributed by atoms with Crippen LogP contribution >= 0.6 is 11.6 Å². The van der Waals surface area contributed by atoms with Crippen LogP contribution in [0.4, 0.5) is 11.5 Å².